The molecule has 0 amide bonds. The number of hydrogen-bond acceptors (Lipinski definition) is 12. The summed E-state index contributed by atoms with van der Waals surface area (Å²) in [5.74, 6) is -1.59. The molecule has 9 atom stereocenters. The van der Waals surface area contributed by atoms with Gasteiger partial charge in [-0.1, -0.05) is 156 Å². The molecule has 0 saturated heterocycles. The molecule has 0 heterocycles. The van der Waals surface area contributed by atoms with Crippen molar-refractivity contribution in [3.05, 3.63) is 176 Å². The summed E-state index contributed by atoms with van der Waals surface area (Å²) in [6.45, 7) is 29.6. The number of nitrogens with two attached hydrogens (primary N) is 2. The summed E-state index contributed by atoms with van der Waals surface area (Å²) in [6, 6.07) is 39.0. The zero-order chi connectivity index (χ0) is 61.7. The average Bonchev–Trinajstić information content (AvgIpc) is 3.60. The zero-order valence-corrected chi connectivity index (χ0v) is 55.6. The lowest BCUT2D eigenvalue weighted by atomic mass is 9.81. The van der Waals surface area contributed by atoms with E-state index in [1.54, 1.807) is 77.9 Å². The Morgan fingerprint density at radius 2 is 0.833 bits per heavy atom. The molecule has 5 aromatic rings. The molecule has 0 aliphatic heterocycles. The predicted octanol–water partition coefficient (Wildman–Crippen LogP) is 16.1. The van der Waals surface area contributed by atoms with Crippen LogP contribution in [0.15, 0.2) is 140 Å². The number of halogens is 6. The first-order valence-electron chi connectivity index (χ1n) is 27.6. The smallest absolute Gasteiger partial charge is 0.322 e. The van der Waals surface area contributed by atoms with Crippen LogP contribution in [0, 0.1) is 23.7 Å². The van der Waals surface area contributed by atoms with Crippen molar-refractivity contribution in [2.75, 3.05) is 0 Å². The van der Waals surface area contributed by atoms with Crippen molar-refractivity contribution in [3.8, 4) is 11.5 Å². The second-order valence-corrected chi connectivity index (χ2v) is 24.7. The first-order chi connectivity index (χ1) is 38.2. The van der Waals surface area contributed by atoms with Gasteiger partial charge in [-0.05, 0) is 162 Å². The Balaban J connectivity index is 0.000000649. The molecule has 0 spiro atoms. The molecule has 464 valence electrons. The average molecular weight is 1280 g/mol. The second kappa shape index (κ2) is 36.2. The summed E-state index contributed by atoms with van der Waals surface area (Å²) in [6.07, 6.45) is 0.872. The Kier molecular flexibility index (Phi) is 33.2. The first kappa shape index (κ1) is 77.0. The molecule has 5 rings (SSSR count). The molecule has 0 aliphatic carbocycles. The van der Waals surface area contributed by atoms with E-state index >= 15 is 0 Å². The Hall–Kier alpha value is -5.02. The number of carbonyl (C=O) groups excluding carboxylic acids is 4. The van der Waals surface area contributed by atoms with Gasteiger partial charge >= 0.3 is 23.9 Å². The summed E-state index contributed by atoms with van der Waals surface area (Å²) in [4.78, 5) is 48.7. The van der Waals surface area contributed by atoms with Crippen molar-refractivity contribution < 1.29 is 47.6 Å². The highest BCUT2D eigenvalue weighted by molar-refractivity contribution is 6.36. The Bertz CT molecular complexity index is 2810. The Labute approximate surface area is 532 Å². The molecule has 0 aromatic heterocycles. The largest absolute Gasteiger partial charge is 0.486 e. The molecule has 84 heavy (non-hydrogen) atoms. The van der Waals surface area contributed by atoms with E-state index in [0.717, 1.165) is 23.1 Å². The van der Waals surface area contributed by atoms with Crippen molar-refractivity contribution in [1.29, 1.82) is 0 Å². The van der Waals surface area contributed by atoms with Gasteiger partial charge in [-0.3, -0.25) is 19.2 Å². The molecule has 4 N–H and O–H groups in total. The molecule has 0 saturated carbocycles. The van der Waals surface area contributed by atoms with Gasteiger partial charge in [0.25, 0.3) is 0 Å². The minimum atomic E-state index is -0.762. The second-order valence-electron chi connectivity index (χ2n) is 23.0. The molecule has 12 nitrogen and oxygen atoms in total. The maximum atomic E-state index is 12.9. The zero-order valence-electron chi connectivity index (χ0n) is 50.9. The monoisotopic (exact) mass is 1280 g/mol. The fourth-order valence-electron chi connectivity index (χ4n) is 8.98. The first-order valence-corrected chi connectivity index (χ1v) is 29.1. The Morgan fingerprint density at radius 3 is 1.15 bits per heavy atom. The minimum absolute atomic E-state index is 0. The van der Waals surface area contributed by atoms with E-state index < -0.39 is 64.9 Å². The van der Waals surface area contributed by atoms with Gasteiger partial charge in [-0.2, -0.15) is 0 Å². The fourth-order valence-corrected chi connectivity index (χ4v) is 9.87. The lowest BCUT2D eigenvalue weighted by Gasteiger charge is -2.38. The molecule has 5 aromatic carbocycles. The Morgan fingerprint density at radius 1 is 0.500 bits per heavy atom. The lowest BCUT2D eigenvalue weighted by molar-refractivity contribution is -0.166. The molecule has 0 fully saturated rings. The van der Waals surface area contributed by atoms with Gasteiger partial charge in [0.15, 0.2) is 0 Å². The van der Waals surface area contributed by atoms with Crippen LogP contribution in [0.3, 0.4) is 0 Å². The third-order valence-corrected chi connectivity index (χ3v) is 14.6. The van der Waals surface area contributed by atoms with Gasteiger partial charge < -0.3 is 39.9 Å². The van der Waals surface area contributed by atoms with Crippen LogP contribution < -0.4 is 20.9 Å². The van der Waals surface area contributed by atoms with E-state index in [0.29, 0.717) is 44.4 Å². The van der Waals surface area contributed by atoms with Crippen molar-refractivity contribution in [3.63, 3.8) is 0 Å². The fraction of sp³-hybridized carbons (Fsp3) is 0.455. The number of carbonyl (C=O) groups is 4. The van der Waals surface area contributed by atoms with Crippen LogP contribution in [0.5, 0.6) is 11.5 Å². The minimum Gasteiger partial charge on any atom is -0.486 e. The summed E-state index contributed by atoms with van der Waals surface area (Å²) in [5.41, 5.74) is 13.5. The van der Waals surface area contributed by atoms with Gasteiger partial charge in [0.1, 0.15) is 58.7 Å². The third-order valence-electron chi connectivity index (χ3n) is 13.5. The number of rotatable bonds is 24. The summed E-state index contributed by atoms with van der Waals surface area (Å²) >= 11 is 24.7. The molecule has 0 bridgehead atoms. The van der Waals surface area contributed by atoms with Crippen molar-refractivity contribution in [2.24, 2.45) is 35.1 Å². The van der Waals surface area contributed by atoms with Gasteiger partial charge in [0.05, 0.1) is 22.4 Å². The van der Waals surface area contributed by atoms with E-state index in [1.807, 2.05) is 134 Å². The van der Waals surface area contributed by atoms with E-state index in [4.69, 9.17) is 86.3 Å². The van der Waals surface area contributed by atoms with E-state index in [9.17, 15) is 19.2 Å². The van der Waals surface area contributed by atoms with Crippen molar-refractivity contribution >= 4 is 95.1 Å². The quantitative estimate of drug-likeness (QED) is 0.0340. The standard InChI is InChI=1S/C28H36Cl2O5.C22H27Cl2NO3.C16H23NO2.2ClH/c1-18(15-25(31)35-27(3,4)5)26(32)33-19(2)22(16-20-11-9-8-10-12-20)28(6,7)34-24-14-13-21(29)17-23(24)30;1-14(25)21(26)27-15(2)18(12-16-8-6-5-7-9-16)22(3,4)28-20-11-10-17(23)13-19(20)24;1-11(2)15(10-14-8-6-5-7-9-14)13(4)19-16(18)12(3)17;;/h8-14,17-19,22H,15-16H2,1-7H3;5-11,13-15,18H,12,25H2,1-4H3;5-9,12-13,15H,1,10,17H2,2-4H3;2*1H/t18-,19+,22+;14-,15-,18-;12-,13-,15+;;/m100../s1. The van der Waals surface area contributed by atoms with Crippen LogP contribution in [-0.2, 0) is 57.4 Å². The topological polar surface area (TPSA) is 176 Å². The highest BCUT2D eigenvalue weighted by atomic mass is 35.5. The van der Waals surface area contributed by atoms with Crippen LogP contribution in [0.2, 0.25) is 20.1 Å². The van der Waals surface area contributed by atoms with Crippen LogP contribution in [-0.4, -0.2) is 71.1 Å². The molecule has 0 aliphatic rings. The van der Waals surface area contributed by atoms with Crippen molar-refractivity contribution in [1.82, 2.24) is 0 Å². The van der Waals surface area contributed by atoms with E-state index in [1.165, 1.54) is 5.56 Å². The van der Waals surface area contributed by atoms with Crippen LogP contribution in [0.4, 0.5) is 0 Å². The highest BCUT2D eigenvalue weighted by Gasteiger charge is 2.40. The van der Waals surface area contributed by atoms with Gasteiger partial charge in [0.2, 0.25) is 0 Å². The number of hydrogen-bond donors (Lipinski definition) is 2. The maximum Gasteiger partial charge on any atom is 0.322 e. The van der Waals surface area contributed by atoms with Crippen LogP contribution >= 0.6 is 71.2 Å². The molecular formula is C66H88Cl6N2O10. The number of esters is 4. The van der Waals surface area contributed by atoms with Gasteiger partial charge in [-0.25, -0.2) is 0 Å². The van der Waals surface area contributed by atoms with Gasteiger partial charge in [0, 0.05) is 27.8 Å². The van der Waals surface area contributed by atoms with Crippen LogP contribution in [0.25, 0.3) is 0 Å². The number of ether oxygens (including phenoxy) is 6. The SMILES string of the molecule is C=C(C)[C@@H](Cc1ccccc1)[C@H](C)OC(=O)[C@H](C)N.C[C@H](CC(=O)OC(C)(C)C)C(=O)O[C@@H](C)[C@H](Cc1ccccc1)C(C)(C)Oc1ccc(Cl)cc1Cl.C[C@H](N)C(=O)O[C@@H](C)[C@H](Cc1ccccc1)C(C)(C)Oc1ccc(Cl)cc1Cl.Cl.Cl. The summed E-state index contributed by atoms with van der Waals surface area (Å²) < 4.78 is 34.8. The molecule has 0 radical (unpaired) electrons. The lowest BCUT2D eigenvalue weighted by Crippen LogP contribution is -2.47. The number of benzene rings is 5. The normalized spacial score (nSPS) is 14.5. The molecule has 0 unspecified atom stereocenters. The predicted molar refractivity (Wildman–Crippen MR) is 346 cm³/mol. The van der Waals surface area contributed by atoms with Gasteiger partial charge in [-0.15, -0.1) is 24.8 Å². The van der Waals surface area contributed by atoms with Crippen molar-refractivity contribution in [2.45, 2.75) is 170 Å². The third kappa shape index (κ3) is 27.1. The maximum absolute atomic E-state index is 12.9. The molecule has 18 heteroatoms. The molecular weight excluding hydrogens is 1190 g/mol. The summed E-state index contributed by atoms with van der Waals surface area (Å²) in [5, 5.41) is 1.89. The van der Waals surface area contributed by atoms with E-state index in [2.05, 4.69) is 18.7 Å². The van der Waals surface area contributed by atoms with E-state index in [-0.39, 0.29) is 61.1 Å². The highest BCUT2D eigenvalue weighted by Crippen LogP contribution is 2.38. The van der Waals surface area contributed by atoms with Crippen LogP contribution in [0.1, 0.15) is 120 Å². The summed E-state index contributed by atoms with van der Waals surface area (Å²) in [7, 11) is 0.